The molecule has 1 aliphatic rings. The van der Waals surface area contributed by atoms with Gasteiger partial charge in [-0.1, -0.05) is 29.3 Å². The van der Waals surface area contributed by atoms with Gasteiger partial charge in [0.05, 0.1) is 17.7 Å². The average molecular weight is 387 g/mol. The van der Waals surface area contributed by atoms with Crippen molar-refractivity contribution >= 4 is 23.4 Å². The first-order valence-electron chi connectivity index (χ1n) is 7.83. The number of alkyl halides is 3. The highest BCUT2D eigenvalue weighted by Crippen LogP contribution is 2.45. The zero-order chi connectivity index (χ0) is 19.8. The number of methoxy groups -OCH3 is 1. The van der Waals surface area contributed by atoms with Gasteiger partial charge in [-0.3, -0.25) is 4.79 Å². The molecule has 0 saturated carbocycles. The van der Waals surface area contributed by atoms with E-state index in [4.69, 9.17) is 16.3 Å². The molecule has 0 heterocycles. The summed E-state index contributed by atoms with van der Waals surface area (Å²) in [4.78, 5) is 24.6. The van der Waals surface area contributed by atoms with Gasteiger partial charge < -0.3 is 4.74 Å². The van der Waals surface area contributed by atoms with E-state index in [0.717, 1.165) is 12.1 Å². The summed E-state index contributed by atoms with van der Waals surface area (Å²) in [6.45, 7) is 4.74. The Hall–Kier alpha value is -2.08. The van der Waals surface area contributed by atoms with Gasteiger partial charge in [0.25, 0.3) is 0 Å². The highest BCUT2D eigenvalue weighted by molar-refractivity contribution is 6.31. The molecule has 0 unspecified atom stereocenters. The molecule has 0 spiro atoms. The molecule has 0 fully saturated rings. The molecule has 1 aromatic carbocycles. The Labute approximate surface area is 154 Å². The van der Waals surface area contributed by atoms with E-state index in [1.54, 1.807) is 19.9 Å². The topological polar surface area (TPSA) is 43.4 Å². The molecule has 26 heavy (non-hydrogen) atoms. The summed E-state index contributed by atoms with van der Waals surface area (Å²) in [6.07, 6.45) is -2.96. The molecule has 0 aromatic heterocycles. The average Bonchev–Trinajstić information content (AvgIpc) is 2.52. The molecule has 0 aliphatic heterocycles. The summed E-state index contributed by atoms with van der Waals surface area (Å²) in [7, 11) is 1.19. The Morgan fingerprint density at radius 2 is 1.81 bits per heavy atom. The SMILES string of the molecule is COC(=O)C1=C(C)C=C(C)[C@H](C(C)=O)[C@H]1c1ccc(Cl)c(C(F)(F)F)c1. The molecular weight excluding hydrogens is 369 g/mol. The van der Waals surface area contributed by atoms with Gasteiger partial charge in [0.15, 0.2) is 0 Å². The lowest BCUT2D eigenvalue weighted by molar-refractivity contribution is -0.137. The van der Waals surface area contributed by atoms with Crippen LogP contribution in [-0.2, 0) is 20.5 Å². The van der Waals surface area contributed by atoms with Crippen molar-refractivity contribution in [2.75, 3.05) is 7.11 Å². The van der Waals surface area contributed by atoms with E-state index in [9.17, 15) is 22.8 Å². The Morgan fingerprint density at radius 3 is 2.31 bits per heavy atom. The van der Waals surface area contributed by atoms with Gasteiger partial charge in [0.1, 0.15) is 5.78 Å². The molecular formula is C19H18ClF3O3. The summed E-state index contributed by atoms with van der Waals surface area (Å²) in [5, 5.41) is -0.441. The van der Waals surface area contributed by atoms with E-state index in [0.29, 0.717) is 11.1 Å². The van der Waals surface area contributed by atoms with E-state index in [1.165, 1.54) is 20.1 Å². The smallest absolute Gasteiger partial charge is 0.417 e. The third kappa shape index (κ3) is 3.70. The fraction of sp³-hybridized carbons (Fsp3) is 0.368. The van der Waals surface area contributed by atoms with Crippen LogP contribution in [0.2, 0.25) is 5.02 Å². The third-order valence-corrected chi connectivity index (χ3v) is 4.83. The number of allylic oxidation sites excluding steroid dienone is 3. The van der Waals surface area contributed by atoms with Crippen LogP contribution in [-0.4, -0.2) is 18.9 Å². The fourth-order valence-corrected chi connectivity index (χ4v) is 3.67. The van der Waals surface area contributed by atoms with Crippen molar-refractivity contribution in [2.24, 2.45) is 5.92 Å². The lowest BCUT2D eigenvalue weighted by Gasteiger charge is -2.32. The van der Waals surface area contributed by atoms with Crippen LogP contribution < -0.4 is 0 Å². The van der Waals surface area contributed by atoms with E-state index >= 15 is 0 Å². The summed E-state index contributed by atoms with van der Waals surface area (Å²) < 4.78 is 44.6. The lowest BCUT2D eigenvalue weighted by atomic mass is 9.70. The summed E-state index contributed by atoms with van der Waals surface area (Å²) in [5.41, 5.74) is 0.590. The minimum atomic E-state index is -4.65. The largest absolute Gasteiger partial charge is 0.466 e. The maximum atomic E-state index is 13.3. The quantitative estimate of drug-likeness (QED) is 0.679. The van der Waals surface area contributed by atoms with Crippen molar-refractivity contribution in [1.29, 1.82) is 0 Å². The molecule has 0 saturated heterocycles. The van der Waals surface area contributed by atoms with Gasteiger partial charge in [-0.05, 0) is 44.0 Å². The first kappa shape index (κ1) is 20.2. The maximum Gasteiger partial charge on any atom is 0.417 e. The lowest BCUT2D eigenvalue weighted by Crippen LogP contribution is -2.30. The second kappa shape index (κ2) is 7.27. The van der Waals surface area contributed by atoms with E-state index in [-0.39, 0.29) is 16.9 Å². The molecule has 3 nitrogen and oxygen atoms in total. The number of ether oxygens (including phenoxy) is 1. The highest BCUT2D eigenvalue weighted by atomic mass is 35.5. The van der Waals surface area contributed by atoms with E-state index < -0.39 is 34.6 Å². The fourth-order valence-electron chi connectivity index (χ4n) is 3.45. The number of carbonyl (C=O) groups is 2. The van der Waals surface area contributed by atoms with Gasteiger partial charge in [0, 0.05) is 17.4 Å². The predicted octanol–water partition coefficient (Wildman–Crippen LogP) is 5.10. The molecule has 0 amide bonds. The van der Waals surface area contributed by atoms with Gasteiger partial charge in [-0.2, -0.15) is 13.2 Å². The zero-order valence-corrected chi connectivity index (χ0v) is 15.5. The van der Waals surface area contributed by atoms with Gasteiger partial charge in [-0.25, -0.2) is 4.79 Å². The Balaban J connectivity index is 2.75. The van der Waals surface area contributed by atoms with Crippen molar-refractivity contribution in [3.8, 4) is 0 Å². The zero-order valence-electron chi connectivity index (χ0n) is 14.7. The number of hydrogen-bond donors (Lipinski definition) is 0. The summed E-state index contributed by atoms with van der Waals surface area (Å²) >= 11 is 5.70. The molecule has 0 N–H and O–H groups in total. The number of esters is 1. The highest BCUT2D eigenvalue weighted by Gasteiger charge is 2.40. The third-order valence-electron chi connectivity index (χ3n) is 4.50. The number of rotatable bonds is 3. The van der Waals surface area contributed by atoms with Gasteiger partial charge in [-0.15, -0.1) is 0 Å². The van der Waals surface area contributed by atoms with Crippen LogP contribution in [0.3, 0.4) is 0 Å². The number of carbonyl (C=O) groups excluding carboxylic acids is 2. The standard InChI is InChI=1S/C19H18ClF3O3/c1-9-7-10(2)16(18(25)26-4)17(15(9)11(3)24)12-5-6-14(20)13(8-12)19(21,22)23/h5-8,15,17H,1-4H3/t15-,17-/m1/s1. The minimum Gasteiger partial charge on any atom is -0.466 e. The number of Topliss-reactive ketones (excluding diaryl/α,β-unsaturated/α-hetero) is 1. The molecule has 140 valence electrons. The van der Waals surface area contributed by atoms with Gasteiger partial charge >= 0.3 is 12.1 Å². The Kier molecular flexibility index (Phi) is 5.66. The monoisotopic (exact) mass is 386 g/mol. The first-order valence-corrected chi connectivity index (χ1v) is 8.21. The van der Waals surface area contributed by atoms with Crippen LogP contribution in [0.5, 0.6) is 0 Å². The molecule has 2 rings (SSSR count). The first-order chi connectivity index (χ1) is 12.0. The number of halogens is 4. The van der Waals surface area contributed by atoms with Crippen molar-refractivity contribution in [1.82, 2.24) is 0 Å². The van der Waals surface area contributed by atoms with Crippen molar-refractivity contribution in [3.63, 3.8) is 0 Å². The van der Waals surface area contributed by atoms with Crippen LogP contribution in [0.4, 0.5) is 13.2 Å². The van der Waals surface area contributed by atoms with Crippen molar-refractivity contribution < 1.29 is 27.5 Å². The number of hydrogen-bond acceptors (Lipinski definition) is 3. The number of ketones is 1. The molecule has 1 aliphatic carbocycles. The summed E-state index contributed by atoms with van der Waals surface area (Å²) in [5.74, 6) is -2.55. The summed E-state index contributed by atoms with van der Waals surface area (Å²) in [6, 6.07) is 3.44. The van der Waals surface area contributed by atoms with Crippen molar-refractivity contribution in [2.45, 2.75) is 32.9 Å². The number of benzene rings is 1. The van der Waals surface area contributed by atoms with Crippen molar-refractivity contribution in [3.05, 3.63) is 57.1 Å². The van der Waals surface area contributed by atoms with Crippen LogP contribution in [0.1, 0.15) is 37.8 Å². The Morgan fingerprint density at radius 1 is 1.19 bits per heavy atom. The Bertz CT molecular complexity index is 822. The van der Waals surface area contributed by atoms with Crippen LogP contribution in [0.15, 0.2) is 41.0 Å². The van der Waals surface area contributed by atoms with E-state index in [2.05, 4.69) is 0 Å². The molecule has 0 bridgehead atoms. The normalized spacial score (nSPS) is 20.7. The minimum absolute atomic E-state index is 0.175. The molecule has 1 aromatic rings. The van der Waals surface area contributed by atoms with E-state index in [1.807, 2.05) is 0 Å². The van der Waals surface area contributed by atoms with Gasteiger partial charge in [0.2, 0.25) is 0 Å². The molecule has 0 radical (unpaired) electrons. The van der Waals surface area contributed by atoms with Crippen LogP contribution in [0, 0.1) is 5.92 Å². The maximum absolute atomic E-state index is 13.3. The predicted molar refractivity (Wildman–Crippen MR) is 91.8 cm³/mol. The van der Waals surface area contributed by atoms with Crippen LogP contribution >= 0.6 is 11.6 Å². The molecule has 7 heteroatoms. The van der Waals surface area contributed by atoms with Crippen LogP contribution in [0.25, 0.3) is 0 Å². The second-order valence-corrected chi connectivity index (χ2v) is 6.69. The molecule has 2 atom stereocenters. The second-order valence-electron chi connectivity index (χ2n) is 6.28.